The van der Waals surface area contributed by atoms with E-state index in [9.17, 15) is 18.5 Å². The number of nitrogens with zero attached hydrogens (tertiary/aromatic N) is 2. The zero-order valence-electron chi connectivity index (χ0n) is 13.4. The van der Waals surface area contributed by atoms with Gasteiger partial charge in [-0.15, -0.1) is 0 Å². The smallest absolute Gasteiger partial charge is 0.264 e. The number of hydrogen-bond donors (Lipinski definition) is 0. The number of rotatable bonds is 5. The van der Waals surface area contributed by atoms with Gasteiger partial charge in [0.2, 0.25) is 0 Å². The summed E-state index contributed by atoms with van der Waals surface area (Å²) in [6, 6.07) is 10.5. The summed E-state index contributed by atoms with van der Waals surface area (Å²) in [6.45, 7) is 4.94. The Hall–Kier alpha value is -2.12. The molecule has 2 aromatic rings. The molecule has 0 heterocycles. The molecule has 0 radical (unpaired) electrons. The summed E-state index contributed by atoms with van der Waals surface area (Å²) in [5.74, 6) is 0. The normalized spacial score (nSPS) is 11.5. The summed E-state index contributed by atoms with van der Waals surface area (Å²) in [4.78, 5) is 10.3. The molecule has 0 bridgehead atoms. The van der Waals surface area contributed by atoms with Crippen molar-refractivity contribution >= 4 is 33.0 Å². The second-order valence-electron chi connectivity index (χ2n) is 5.54. The van der Waals surface area contributed by atoms with Crippen molar-refractivity contribution in [3.63, 3.8) is 0 Å². The van der Waals surface area contributed by atoms with Gasteiger partial charge in [0, 0.05) is 17.7 Å². The van der Waals surface area contributed by atoms with Crippen LogP contribution in [0.1, 0.15) is 19.4 Å². The third kappa shape index (κ3) is 3.37. The summed E-state index contributed by atoms with van der Waals surface area (Å²) in [5.41, 5.74) is 0.390. The van der Waals surface area contributed by atoms with Gasteiger partial charge in [0.05, 0.1) is 20.5 Å². The van der Waals surface area contributed by atoms with Crippen LogP contribution in [0.4, 0.5) is 11.4 Å². The van der Waals surface area contributed by atoms with E-state index in [1.54, 1.807) is 44.2 Å². The first-order chi connectivity index (χ1) is 11.2. The molecule has 0 aliphatic carbocycles. The Morgan fingerprint density at radius 3 is 2.25 bits per heavy atom. The Morgan fingerprint density at radius 1 is 1.17 bits per heavy atom. The average Bonchev–Trinajstić information content (AvgIpc) is 2.49. The molecule has 0 unspecified atom stereocenters. The largest absolute Gasteiger partial charge is 0.275 e. The quantitative estimate of drug-likeness (QED) is 0.586. The van der Waals surface area contributed by atoms with Gasteiger partial charge >= 0.3 is 0 Å². The maximum atomic E-state index is 13.1. The number of hydrogen-bond acceptors (Lipinski definition) is 4. The molecule has 0 N–H and O–H groups in total. The molecule has 0 saturated heterocycles. The topological polar surface area (TPSA) is 80.5 Å². The molecular formula is C16H17ClN2O4S. The van der Waals surface area contributed by atoms with Crippen molar-refractivity contribution in [2.45, 2.75) is 31.7 Å². The number of nitro benzene ring substituents is 1. The molecule has 2 rings (SSSR count). The standard InChI is InChI=1S/C16H17ClN2O4S/c1-11(2)18(13-7-5-4-6-8-13)24(22,23)14-9-15(17)12(3)16(10-14)19(20)21/h4-11H,1-3H3. The number of nitro groups is 1. The molecule has 8 heteroatoms. The van der Waals surface area contributed by atoms with Gasteiger partial charge in [-0.1, -0.05) is 29.8 Å². The molecule has 0 saturated carbocycles. The number of para-hydroxylation sites is 1. The first kappa shape index (κ1) is 18.2. The molecule has 0 amide bonds. The molecule has 0 aliphatic heterocycles. The zero-order chi connectivity index (χ0) is 18.1. The Labute approximate surface area is 145 Å². The Balaban J connectivity index is 2.67. The molecule has 0 spiro atoms. The van der Waals surface area contributed by atoms with E-state index in [0.29, 0.717) is 5.69 Å². The van der Waals surface area contributed by atoms with Crippen molar-refractivity contribution in [1.29, 1.82) is 0 Å². The lowest BCUT2D eigenvalue weighted by molar-refractivity contribution is -0.385. The highest BCUT2D eigenvalue weighted by molar-refractivity contribution is 7.92. The predicted octanol–water partition coefficient (Wildman–Crippen LogP) is 4.16. The number of benzene rings is 2. The number of anilines is 1. The molecule has 0 atom stereocenters. The fourth-order valence-corrected chi connectivity index (χ4v) is 4.37. The molecule has 6 nitrogen and oxygen atoms in total. The minimum Gasteiger partial charge on any atom is -0.264 e. The van der Waals surface area contributed by atoms with Crippen LogP contribution in [0.15, 0.2) is 47.4 Å². The Kier molecular flexibility index (Phi) is 5.15. The monoisotopic (exact) mass is 368 g/mol. The van der Waals surface area contributed by atoms with Crippen LogP contribution < -0.4 is 4.31 Å². The van der Waals surface area contributed by atoms with Gasteiger partial charge in [0.1, 0.15) is 0 Å². The van der Waals surface area contributed by atoms with Crippen molar-refractivity contribution in [1.82, 2.24) is 0 Å². The zero-order valence-corrected chi connectivity index (χ0v) is 15.0. The van der Waals surface area contributed by atoms with Crippen LogP contribution >= 0.6 is 11.6 Å². The van der Waals surface area contributed by atoms with Crippen LogP contribution in [0, 0.1) is 17.0 Å². The van der Waals surface area contributed by atoms with Crippen molar-refractivity contribution < 1.29 is 13.3 Å². The molecule has 0 fully saturated rings. The summed E-state index contributed by atoms with van der Waals surface area (Å²) < 4.78 is 27.3. The van der Waals surface area contributed by atoms with Gasteiger partial charge in [-0.05, 0) is 39.0 Å². The van der Waals surface area contributed by atoms with Gasteiger partial charge < -0.3 is 0 Å². The van der Waals surface area contributed by atoms with Crippen molar-refractivity contribution in [2.24, 2.45) is 0 Å². The van der Waals surface area contributed by atoms with E-state index >= 15 is 0 Å². The third-order valence-electron chi connectivity index (χ3n) is 3.52. The van der Waals surface area contributed by atoms with E-state index in [4.69, 9.17) is 11.6 Å². The maximum absolute atomic E-state index is 13.1. The van der Waals surface area contributed by atoms with Crippen molar-refractivity contribution in [3.8, 4) is 0 Å². The summed E-state index contributed by atoms with van der Waals surface area (Å²) in [6.07, 6.45) is 0. The predicted molar refractivity (Wildman–Crippen MR) is 94.1 cm³/mol. The Bertz CT molecular complexity index is 867. The lowest BCUT2D eigenvalue weighted by Crippen LogP contribution is -2.37. The van der Waals surface area contributed by atoms with Gasteiger partial charge in [0.15, 0.2) is 0 Å². The summed E-state index contributed by atoms with van der Waals surface area (Å²) in [7, 11) is -4.00. The molecular weight excluding hydrogens is 352 g/mol. The Morgan fingerprint density at radius 2 is 1.75 bits per heavy atom. The van der Waals surface area contributed by atoms with Gasteiger partial charge in [-0.3, -0.25) is 14.4 Å². The van der Waals surface area contributed by atoms with E-state index in [2.05, 4.69) is 0 Å². The SMILES string of the molecule is Cc1c(Cl)cc(S(=O)(=O)N(c2ccccc2)C(C)C)cc1[N+](=O)[O-]. The van der Waals surface area contributed by atoms with Crippen LogP contribution in [0.25, 0.3) is 0 Å². The van der Waals surface area contributed by atoms with E-state index in [-0.39, 0.29) is 27.2 Å². The van der Waals surface area contributed by atoms with Crippen LogP contribution in [0.5, 0.6) is 0 Å². The second-order valence-corrected chi connectivity index (χ2v) is 7.76. The highest BCUT2D eigenvalue weighted by Gasteiger charge is 2.30. The van der Waals surface area contributed by atoms with Gasteiger partial charge in [-0.25, -0.2) is 8.42 Å². The lowest BCUT2D eigenvalue weighted by Gasteiger charge is -2.28. The van der Waals surface area contributed by atoms with E-state index < -0.39 is 14.9 Å². The second kappa shape index (κ2) is 6.78. The first-order valence-electron chi connectivity index (χ1n) is 7.20. The molecule has 2 aromatic carbocycles. The summed E-state index contributed by atoms with van der Waals surface area (Å²) in [5, 5.41) is 11.2. The fraction of sp³-hybridized carbons (Fsp3) is 0.250. The van der Waals surface area contributed by atoms with Crippen LogP contribution in [0.2, 0.25) is 5.02 Å². The molecule has 0 aliphatic rings. The van der Waals surface area contributed by atoms with E-state index in [1.807, 2.05) is 0 Å². The number of halogens is 1. The summed E-state index contributed by atoms with van der Waals surface area (Å²) >= 11 is 6.01. The maximum Gasteiger partial charge on any atom is 0.275 e. The third-order valence-corrected chi connectivity index (χ3v) is 5.90. The lowest BCUT2D eigenvalue weighted by atomic mass is 10.2. The highest BCUT2D eigenvalue weighted by atomic mass is 35.5. The van der Waals surface area contributed by atoms with Gasteiger partial charge in [0.25, 0.3) is 15.7 Å². The van der Waals surface area contributed by atoms with Crippen LogP contribution in [-0.4, -0.2) is 19.4 Å². The minimum atomic E-state index is -4.00. The average molecular weight is 369 g/mol. The van der Waals surface area contributed by atoms with Crippen molar-refractivity contribution in [3.05, 3.63) is 63.2 Å². The van der Waals surface area contributed by atoms with Crippen molar-refractivity contribution in [2.75, 3.05) is 4.31 Å². The fourth-order valence-electron chi connectivity index (χ4n) is 2.38. The highest BCUT2D eigenvalue weighted by Crippen LogP contribution is 2.33. The molecule has 128 valence electrons. The minimum absolute atomic E-state index is 0.0412. The number of sulfonamides is 1. The molecule has 0 aromatic heterocycles. The first-order valence-corrected chi connectivity index (χ1v) is 9.02. The van der Waals surface area contributed by atoms with E-state index in [1.165, 1.54) is 17.3 Å². The molecule has 24 heavy (non-hydrogen) atoms. The van der Waals surface area contributed by atoms with Crippen LogP contribution in [0.3, 0.4) is 0 Å². The van der Waals surface area contributed by atoms with Crippen LogP contribution in [-0.2, 0) is 10.0 Å². The van der Waals surface area contributed by atoms with E-state index in [0.717, 1.165) is 6.07 Å². The van der Waals surface area contributed by atoms with Gasteiger partial charge in [-0.2, -0.15) is 0 Å².